The summed E-state index contributed by atoms with van der Waals surface area (Å²) in [6, 6.07) is 0. The third kappa shape index (κ3) is 2.20. The standard InChI is InChI=1S/C12H20O/c1-8(2)11-6-9(3)5-10(4)12(11)7-13/h5,7-8,10-12H,6H2,1-4H3. The number of carbonyl (C=O) groups is 1. The maximum Gasteiger partial charge on any atom is 0.123 e. The van der Waals surface area contributed by atoms with Crippen LogP contribution in [-0.4, -0.2) is 6.29 Å². The Labute approximate surface area is 81.2 Å². The second kappa shape index (κ2) is 4.08. The molecule has 0 N–H and O–H groups in total. The van der Waals surface area contributed by atoms with Gasteiger partial charge in [-0.2, -0.15) is 0 Å². The van der Waals surface area contributed by atoms with Gasteiger partial charge in [0.1, 0.15) is 6.29 Å². The molecule has 0 saturated heterocycles. The largest absolute Gasteiger partial charge is 0.303 e. The highest BCUT2D eigenvalue weighted by molar-refractivity contribution is 5.56. The van der Waals surface area contributed by atoms with E-state index >= 15 is 0 Å². The normalized spacial score (nSPS) is 34.5. The summed E-state index contributed by atoms with van der Waals surface area (Å²) in [7, 11) is 0. The zero-order valence-corrected chi connectivity index (χ0v) is 9.08. The molecule has 0 aromatic rings. The van der Waals surface area contributed by atoms with Crippen LogP contribution in [0.25, 0.3) is 0 Å². The molecule has 3 atom stereocenters. The van der Waals surface area contributed by atoms with Crippen LogP contribution in [0, 0.1) is 23.7 Å². The molecule has 0 spiro atoms. The van der Waals surface area contributed by atoms with Gasteiger partial charge in [-0.05, 0) is 31.1 Å². The zero-order chi connectivity index (χ0) is 10.0. The topological polar surface area (TPSA) is 17.1 Å². The van der Waals surface area contributed by atoms with Crippen molar-refractivity contribution in [2.75, 3.05) is 0 Å². The van der Waals surface area contributed by atoms with Gasteiger partial charge in [-0.3, -0.25) is 0 Å². The van der Waals surface area contributed by atoms with Crippen LogP contribution < -0.4 is 0 Å². The molecule has 1 rings (SSSR count). The third-order valence-corrected chi connectivity index (χ3v) is 3.22. The van der Waals surface area contributed by atoms with E-state index in [-0.39, 0.29) is 5.92 Å². The molecule has 13 heavy (non-hydrogen) atoms. The van der Waals surface area contributed by atoms with Crippen LogP contribution in [0.4, 0.5) is 0 Å². The summed E-state index contributed by atoms with van der Waals surface area (Å²) in [6.45, 7) is 8.75. The number of carbonyl (C=O) groups excluding carboxylic acids is 1. The number of allylic oxidation sites excluding steroid dienone is 2. The first-order valence-corrected chi connectivity index (χ1v) is 5.18. The van der Waals surface area contributed by atoms with E-state index in [1.54, 1.807) is 0 Å². The fourth-order valence-corrected chi connectivity index (χ4v) is 2.43. The van der Waals surface area contributed by atoms with E-state index in [1.807, 2.05) is 0 Å². The van der Waals surface area contributed by atoms with Crippen molar-refractivity contribution in [3.63, 3.8) is 0 Å². The SMILES string of the molecule is CC1=CC(C)C(C=O)C(C(C)C)C1. The average molecular weight is 180 g/mol. The first-order valence-electron chi connectivity index (χ1n) is 5.18. The lowest BCUT2D eigenvalue weighted by molar-refractivity contribution is -0.114. The monoisotopic (exact) mass is 180 g/mol. The summed E-state index contributed by atoms with van der Waals surface area (Å²) in [6.07, 6.45) is 4.50. The molecule has 0 radical (unpaired) electrons. The summed E-state index contributed by atoms with van der Waals surface area (Å²) in [5.41, 5.74) is 1.45. The number of hydrogen-bond donors (Lipinski definition) is 0. The third-order valence-electron chi connectivity index (χ3n) is 3.22. The van der Waals surface area contributed by atoms with Crippen LogP contribution in [0.1, 0.15) is 34.1 Å². The lowest BCUT2D eigenvalue weighted by atomic mass is 9.70. The summed E-state index contributed by atoms with van der Waals surface area (Å²) >= 11 is 0. The number of aldehydes is 1. The average Bonchev–Trinajstić information content (AvgIpc) is 2.02. The molecule has 0 aromatic heterocycles. The number of hydrogen-bond acceptors (Lipinski definition) is 1. The molecular formula is C12H20O. The minimum absolute atomic E-state index is 0.240. The van der Waals surface area contributed by atoms with Gasteiger partial charge in [0, 0.05) is 5.92 Å². The van der Waals surface area contributed by atoms with Crippen LogP contribution in [0.3, 0.4) is 0 Å². The van der Waals surface area contributed by atoms with Gasteiger partial charge in [-0.15, -0.1) is 0 Å². The van der Waals surface area contributed by atoms with Crippen molar-refractivity contribution >= 4 is 6.29 Å². The van der Waals surface area contributed by atoms with Crippen LogP contribution >= 0.6 is 0 Å². The first-order chi connectivity index (χ1) is 6.06. The van der Waals surface area contributed by atoms with Gasteiger partial charge in [-0.1, -0.05) is 32.4 Å². The second-order valence-electron chi connectivity index (χ2n) is 4.70. The summed E-state index contributed by atoms with van der Waals surface area (Å²) < 4.78 is 0. The van der Waals surface area contributed by atoms with Gasteiger partial charge >= 0.3 is 0 Å². The van der Waals surface area contributed by atoms with Crippen molar-refractivity contribution in [3.05, 3.63) is 11.6 Å². The van der Waals surface area contributed by atoms with E-state index in [0.29, 0.717) is 17.8 Å². The molecule has 0 amide bonds. The molecule has 0 saturated carbocycles. The van der Waals surface area contributed by atoms with Gasteiger partial charge in [0.05, 0.1) is 0 Å². The van der Waals surface area contributed by atoms with Crippen molar-refractivity contribution in [1.82, 2.24) is 0 Å². The molecular weight excluding hydrogens is 160 g/mol. The van der Waals surface area contributed by atoms with E-state index < -0.39 is 0 Å². The van der Waals surface area contributed by atoms with E-state index in [1.165, 1.54) is 5.57 Å². The molecule has 0 bridgehead atoms. The maximum absolute atomic E-state index is 11.0. The Morgan fingerprint density at radius 1 is 1.54 bits per heavy atom. The highest BCUT2D eigenvalue weighted by Crippen LogP contribution is 2.36. The van der Waals surface area contributed by atoms with E-state index in [0.717, 1.165) is 12.7 Å². The van der Waals surface area contributed by atoms with E-state index in [4.69, 9.17) is 0 Å². The molecule has 0 aliphatic heterocycles. The molecule has 0 aromatic carbocycles. The van der Waals surface area contributed by atoms with E-state index in [2.05, 4.69) is 33.8 Å². The van der Waals surface area contributed by atoms with Gasteiger partial charge in [0.25, 0.3) is 0 Å². The fourth-order valence-electron chi connectivity index (χ4n) is 2.43. The molecule has 1 aliphatic carbocycles. The molecule has 1 nitrogen and oxygen atoms in total. The van der Waals surface area contributed by atoms with Crippen LogP contribution in [-0.2, 0) is 4.79 Å². The lowest BCUT2D eigenvalue weighted by Crippen LogP contribution is -2.29. The highest BCUT2D eigenvalue weighted by atomic mass is 16.1. The Kier molecular flexibility index (Phi) is 3.29. The Hall–Kier alpha value is -0.590. The van der Waals surface area contributed by atoms with Crippen molar-refractivity contribution in [2.45, 2.75) is 34.1 Å². The quantitative estimate of drug-likeness (QED) is 0.471. The van der Waals surface area contributed by atoms with Crippen LogP contribution in [0.2, 0.25) is 0 Å². The Morgan fingerprint density at radius 2 is 2.15 bits per heavy atom. The van der Waals surface area contributed by atoms with Gasteiger partial charge < -0.3 is 4.79 Å². The summed E-state index contributed by atoms with van der Waals surface area (Å²) in [5.74, 6) is 1.83. The first kappa shape index (κ1) is 10.5. The zero-order valence-electron chi connectivity index (χ0n) is 9.08. The van der Waals surface area contributed by atoms with Crippen molar-refractivity contribution in [2.24, 2.45) is 23.7 Å². The predicted octanol–water partition coefficient (Wildman–Crippen LogP) is 3.06. The van der Waals surface area contributed by atoms with Crippen molar-refractivity contribution in [1.29, 1.82) is 0 Å². The fraction of sp³-hybridized carbons (Fsp3) is 0.750. The Bertz CT molecular complexity index is 215. The van der Waals surface area contributed by atoms with Gasteiger partial charge in [0.15, 0.2) is 0 Å². The van der Waals surface area contributed by atoms with Crippen molar-refractivity contribution < 1.29 is 4.79 Å². The molecule has 1 heteroatoms. The van der Waals surface area contributed by atoms with Crippen LogP contribution in [0.15, 0.2) is 11.6 Å². The Morgan fingerprint density at radius 3 is 2.62 bits per heavy atom. The predicted molar refractivity (Wildman–Crippen MR) is 55.4 cm³/mol. The molecule has 0 heterocycles. The van der Waals surface area contributed by atoms with E-state index in [9.17, 15) is 4.79 Å². The van der Waals surface area contributed by atoms with Crippen LogP contribution in [0.5, 0.6) is 0 Å². The minimum atomic E-state index is 0.240. The molecule has 74 valence electrons. The van der Waals surface area contributed by atoms with Gasteiger partial charge in [-0.25, -0.2) is 0 Å². The highest BCUT2D eigenvalue weighted by Gasteiger charge is 2.31. The molecule has 3 unspecified atom stereocenters. The molecule has 0 fully saturated rings. The smallest absolute Gasteiger partial charge is 0.123 e. The molecule has 1 aliphatic rings. The van der Waals surface area contributed by atoms with Gasteiger partial charge in [0.2, 0.25) is 0 Å². The second-order valence-corrected chi connectivity index (χ2v) is 4.70. The maximum atomic E-state index is 11.0. The van der Waals surface area contributed by atoms with Crippen molar-refractivity contribution in [3.8, 4) is 0 Å². The lowest BCUT2D eigenvalue weighted by Gasteiger charge is -2.34. The minimum Gasteiger partial charge on any atom is -0.303 e. The summed E-state index contributed by atoms with van der Waals surface area (Å²) in [5, 5.41) is 0. The Balaban J connectivity index is 2.84. The number of rotatable bonds is 2. The summed E-state index contributed by atoms with van der Waals surface area (Å²) in [4.78, 5) is 11.0.